The lowest BCUT2D eigenvalue weighted by atomic mass is 9.88. The van der Waals surface area contributed by atoms with E-state index in [1.807, 2.05) is 6.92 Å². The van der Waals surface area contributed by atoms with Gasteiger partial charge in [-0.25, -0.2) is 0 Å². The van der Waals surface area contributed by atoms with Gasteiger partial charge in [0.2, 0.25) is 0 Å². The molecule has 0 spiro atoms. The van der Waals surface area contributed by atoms with Gasteiger partial charge < -0.3 is 4.90 Å². The van der Waals surface area contributed by atoms with Crippen LogP contribution in [0, 0.1) is 29.1 Å². The van der Waals surface area contributed by atoms with E-state index in [4.69, 9.17) is 0 Å². The Kier molecular flexibility index (Phi) is 5.68. The molecule has 2 bridgehead atoms. The fourth-order valence-electron chi connectivity index (χ4n) is 4.59. The van der Waals surface area contributed by atoms with Crippen LogP contribution in [0.3, 0.4) is 0 Å². The van der Waals surface area contributed by atoms with Gasteiger partial charge in [-0.2, -0.15) is 5.26 Å². The molecule has 4 unspecified atom stereocenters. The van der Waals surface area contributed by atoms with E-state index in [9.17, 15) is 5.26 Å². The molecule has 0 aromatic heterocycles. The second-order valence-electron chi connectivity index (χ2n) is 8.04. The fourth-order valence-corrected chi connectivity index (χ4v) is 4.59. The first-order valence-corrected chi connectivity index (χ1v) is 8.79. The molecule has 21 heavy (non-hydrogen) atoms. The maximum Gasteiger partial charge on any atom is 0.104 e. The van der Waals surface area contributed by atoms with Crippen LogP contribution in [0.2, 0.25) is 0 Å². The minimum Gasteiger partial charge on any atom is -0.306 e. The Hall–Kier alpha value is -0.590. The van der Waals surface area contributed by atoms with Crippen molar-refractivity contribution in [2.24, 2.45) is 17.8 Å². The van der Waals surface area contributed by atoms with Crippen molar-refractivity contribution in [2.45, 2.75) is 70.9 Å². The van der Waals surface area contributed by atoms with E-state index < -0.39 is 0 Å². The molecular weight excluding hydrogens is 258 g/mol. The molecule has 4 atom stereocenters. The zero-order valence-corrected chi connectivity index (χ0v) is 14.4. The summed E-state index contributed by atoms with van der Waals surface area (Å²) in [6.07, 6.45) is 7.98. The average molecular weight is 291 g/mol. The van der Waals surface area contributed by atoms with Crippen LogP contribution in [0.5, 0.6) is 0 Å². The van der Waals surface area contributed by atoms with Gasteiger partial charge in [0.15, 0.2) is 0 Å². The lowest BCUT2D eigenvalue weighted by Crippen LogP contribution is -2.45. The molecule has 0 amide bonds. The molecule has 0 saturated heterocycles. The van der Waals surface area contributed by atoms with Crippen LogP contribution in [0.4, 0.5) is 0 Å². The van der Waals surface area contributed by atoms with E-state index in [0.717, 1.165) is 37.1 Å². The van der Waals surface area contributed by atoms with Crippen molar-refractivity contribution < 1.29 is 0 Å². The lowest BCUT2D eigenvalue weighted by Gasteiger charge is -2.29. The summed E-state index contributed by atoms with van der Waals surface area (Å²) in [6.45, 7) is 8.63. The summed E-state index contributed by atoms with van der Waals surface area (Å²) < 4.78 is 0. The van der Waals surface area contributed by atoms with Crippen molar-refractivity contribution in [3.8, 4) is 6.07 Å². The van der Waals surface area contributed by atoms with Crippen molar-refractivity contribution in [3.05, 3.63) is 0 Å². The van der Waals surface area contributed by atoms with Gasteiger partial charge in [-0.15, -0.1) is 0 Å². The number of nitrogens with zero attached hydrogens (tertiary/aromatic N) is 2. The van der Waals surface area contributed by atoms with Gasteiger partial charge in [0.1, 0.15) is 5.54 Å². The van der Waals surface area contributed by atoms with Crippen molar-refractivity contribution >= 4 is 0 Å². The standard InChI is InChI=1S/C18H33N3/c1-14(2)20-18(3,13-19)8-5-9-21(4)12-17-11-15-6-7-16(17)10-15/h14-17,20H,5-12H2,1-4H3. The molecule has 0 radical (unpaired) electrons. The van der Waals surface area contributed by atoms with Crippen LogP contribution in [-0.4, -0.2) is 36.6 Å². The van der Waals surface area contributed by atoms with Crippen LogP contribution in [0.25, 0.3) is 0 Å². The van der Waals surface area contributed by atoms with Crippen LogP contribution in [0.15, 0.2) is 0 Å². The lowest BCUT2D eigenvalue weighted by molar-refractivity contribution is 0.212. The molecule has 3 nitrogen and oxygen atoms in total. The summed E-state index contributed by atoms with van der Waals surface area (Å²) in [5, 5.41) is 12.8. The third-order valence-electron chi connectivity index (χ3n) is 5.50. The van der Waals surface area contributed by atoms with Gasteiger partial charge >= 0.3 is 0 Å². The molecule has 1 N–H and O–H groups in total. The fraction of sp³-hybridized carbons (Fsp3) is 0.944. The first-order chi connectivity index (χ1) is 9.92. The predicted molar refractivity (Wildman–Crippen MR) is 88.0 cm³/mol. The summed E-state index contributed by atoms with van der Waals surface area (Å²) >= 11 is 0. The van der Waals surface area contributed by atoms with Gasteiger partial charge in [-0.3, -0.25) is 5.32 Å². The van der Waals surface area contributed by atoms with Crippen molar-refractivity contribution in [2.75, 3.05) is 20.1 Å². The van der Waals surface area contributed by atoms with Gasteiger partial charge in [0.25, 0.3) is 0 Å². The largest absolute Gasteiger partial charge is 0.306 e. The minimum absolute atomic E-state index is 0.362. The van der Waals surface area contributed by atoms with Crippen molar-refractivity contribution in [1.82, 2.24) is 10.2 Å². The molecule has 0 aromatic carbocycles. The summed E-state index contributed by atoms with van der Waals surface area (Å²) in [7, 11) is 2.26. The first kappa shape index (κ1) is 16.8. The van der Waals surface area contributed by atoms with Gasteiger partial charge in [-0.1, -0.05) is 6.42 Å². The number of nitrogens with one attached hydrogen (secondary N) is 1. The Morgan fingerprint density at radius 1 is 1.33 bits per heavy atom. The minimum atomic E-state index is -0.374. The molecule has 2 rings (SSSR count). The topological polar surface area (TPSA) is 39.1 Å². The molecule has 0 heterocycles. The monoisotopic (exact) mass is 291 g/mol. The molecule has 2 aliphatic carbocycles. The second-order valence-corrected chi connectivity index (χ2v) is 8.04. The molecule has 0 aliphatic heterocycles. The molecule has 2 saturated carbocycles. The highest BCUT2D eigenvalue weighted by atomic mass is 15.1. The Morgan fingerprint density at radius 2 is 2.10 bits per heavy atom. The first-order valence-electron chi connectivity index (χ1n) is 8.79. The van der Waals surface area contributed by atoms with E-state index in [-0.39, 0.29) is 5.54 Å². The maximum absolute atomic E-state index is 9.37. The number of nitriles is 1. The molecule has 0 aromatic rings. The average Bonchev–Trinajstić information content (AvgIpc) is 3.00. The van der Waals surface area contributed by atoms with Gasteiger partial charge in [0.05, 0.1) is 6.07 Å². The third-order valence-corrected chi connectivity index (χ3v) is 5.50. The SMILES string of the molecule is CC(C)NC(C)(C#N)CCCN(C)CC1CC2CCC1C2. The normalized spacial score (nSPS) is 30.8. The number of hydrogen-bond donors (Lipinski definition) is 1. The Balaban J connectivity index is 1.67. The molecule has 3 heteroatoms. The van der Waals surface area contributed by atoms with E-state index in [2.05, 4.69) is 37.2 Å². The van der Waals surface area contributed by atoms with Gasteiger partial charge in [0, 0.05) is 12.6 Å². The Bertz CT molecular complexity index is 373. The maximum atomic E-state index is 9.37. The molecule has 2 fully saturated rings. The van der Waals surface area contributed by atoms with Crippen LogP contribution in [-0.2, 0) is 0 Å². The molecule has 2 aliphatic rings. The predicted octanol–water partition coefficient (Wildman–Crippen LogP) is 3.41. The van der Waals surface area contributed by atoms with Crippen LogP contribution >= 0.6 is 0 Å². The number of rotatable bonds is 8. The zero-order valence-electron chi connectivity index (χ0n) is 14.4. The Labute approximate surface area is 131 Å². The number of hydrogen-bond acceptors (Lipinski definition) is 3. The number of fused-ring (bicyclic) bond motifs is 2. The summed E-state index contributed by atoms with van der Waals surface area (Å²) in [5.74, 6) is 3.01. The van der Waals surface area contributed by atoms with E-state index >= 15 is 0 Å². The summed E-state index contributed by atoms with van der Waals surface area (Å²) in [4.78, 5) is 2.50. The smallest absolute Gasteiger partial charge is 0.104 e. The highest BCUT2D eigenvalue weighted by Gasteiger charge is 2.39. The quantitative estimate of drug-likeness (QED) is 0.745. The highest BCUT2D eigenvalue weighted by molar-refractivity contribution is 5.04. The summed E-state index contributed by atoms with van der Waals surface area (Å²) in [6, 6.07) is 2.81. The van der Waals surface area contributed by atoms with Crippen LogP contribution < -0.4 is 5.32 Å². The van der Waals surface area contributed by atoms with E-state index in [1.165, 1.54) is 32.2 Å². The molecular formula is C18H33N3. The second kappa shape index (κ2) is 7.11. The van der Waals surface area contributed by atoms with E-state index in [1.54, 1.807) is 0 Å². The zero-order chi connectivity index (χ0) is 15.5. The van der Waals surface area contributed by atoms with Crippen molar-refractivity contribution in [1.29, 1.82) is 5.26 Å². The van der Waals surface area contributed by atoms with Crippen LogP contribution in [0.1, 0.15) is 59.3 Å². The third kappa shape index (κ3) is 4.69. The highest BCUT2D eigenvalue weighted by Crippen LogP contribution is 2.48. The van der Waals surface area contributed by atoms with Gasteiger partial charge in [-0.05, 0) is 84.2 Å². The van der Waals surface area contributed by atoms with Crippen molar-refractivity contribution in [3.63, 3.8) is 0 Å². The van der Waals surface area contributed by atoms with E-state index in [0.29, 0.717) is 6.04 Å². The molecule has 120 valence electrons. The Morgan fingerprint density at radius 3 is 2.62 bits per heavy atom. The summed E-state index contributed by atoms with van der Waals surface area (Å²) in [5.41, 5.74) is -0.374.